The minimum absolute atomic E-state index is 0.696. The quantitative estimate of drug-likeness (QED) is 0.388. The third-order valence-corrected chi connectivity index (χ3v) is 5.10. The number of hydrogen-bond donors (Lipinski definition) is 0. The second kappa shape index (κ2) is 6.66. The third kappa shape index (κ3) is 2.70. The Balaban J connectivity index is 1.84. The Morgan fingerprint density at radius 1 is 0.857 bits per heavy atom. The zero-order valence-electron chi connectivity index (χ0n) is 15.1. The molecular formula is C23H16ClN3O. The van der Waals surface area contributed by atoms with Gasteiger partial charge < -0.3 is 4.74 Å². The van der Waals surface area contributed by atoms with Crippen LogP contribution in [0.15, 0.2) is 79.0 Å². The number of rotatable bonds is 3. The number of hydrogen-bond acceptors (Lipinski definition) is 3. The summed E-state index contributed by atoms with van der Waals surface area (Å²) in [6.45, 7) is 0. The average molecular weight is 386 g/mol. The summed E-state index contributed by atoms with van der Waals surface area (Å²) in [4.78, 5) is 4.65. The number of halogens is 1. The lowest BCUT2D eigenvalue weighted by molar-refractivity contribution is 0.415. The second-order valence-electron chi connectivity index (χ2n) is 6.50. The lowest BCUT2D eigenvalue weighted by Crippen LogP contribution is -1.97. The van der Waals surface area contributed by atoms with Gasteiger partial charge in [0, 0.05) is 27.6 Å². The van der Waals surface area contributed by atoms with Crippen molar-refractivity contribution in [3.63, 3.8) is 0 Å². The van der Waals surface area contributed by atoms with Crippen molar-refractivity contribution in [3.05, 3.63) is 84.0 Å². The van der Waals surface area contributed by atoms with Crippen molar-refractivity contribution in [1.29, 1.82) is 0 Å². The van der Waals surface area contributed by atoms with Crippen LogP contribution in [0.1, 0.15) is 0 Å². The number of methoxy groups -OCH3 is 1. The standard InChI is InChI=1S/C23H16ClN3O/c1-28-18-12-6-15(7-13-18)22-20-14-25-21-5-3-2-4-19(21)23(20)27(26-22)17-10-8-16(24)9-11-17/h2-14H,1H3. The van der Waals surface area contributed by atoms with Crippen LogP contribution in [0.5, 0.6) is 5.75 Å². The molecule has 136 valence electrons. The van der Waals surface area contributed by atoms with Crippen LogP contribution < -0.4 is 4.74 Å². The molecule has 5 heteroatoms. The van der Waals surface area contributed by atoms with Gasteiger partial charge in [0.25, 0.3) is 0 Å². The molecule has 0 N–H and O–H groups in total. The molecule has 0 aliphatic heterocycles. The molecule has 2 heterocycles. The molecule has 0 saturated heterocycles. The van der Waals surface area contributed by atoms with Crippen molar-refractivity contribution in [2.24, 2.45) is 0 Å². The molecule has 0 saturated carbocycles. The summed E-state index contributed by atoms with van der Waals surface area (Å²) in [6, 6.07) is 23.7. The number of aromatic nitrogens is 3. The predicted octanol–water partition coefficient (Wildman–Crippen LogP) is 5.90. The van der Waals surface area contributed by atoms with Crippen molar-refractivity contribution in [2.75, 3.05) is 7.11 Å². The van der Waals surface area contributed by atoms with Gasteiger partial charge in [0.1, 0.15) is 11.4 Å². The zero-order valence-corrected chi connectivity index (χ0v) is 15.9. The molecule has 3 aromatic carbocycles. The first-order valence-corrected chi connectivity index (χ1v) is 9.29. The number of nitrogens with zero attached hydrogens (tertiary/aromatic N) is 3. The Morgan fingerprint density at radius 2 is 1.61 bits per heavy atom. The van der Waals surface area contributed by atoms with E-state index in [1.165, 1.54) is 0 Å². The molecule has 0 aliphatic carbocycles. The summed E-state index contributed by atoms with van der Waals surface area (Å²) in [6.07, 6.45) is 1.90. The van der Waals surface area contributed by atoms with Gasteiger partial charge in [-0.25, -0.2) is 4.68 Å². The Bertz CT molecular complexity index is 1290. The summed E-state index contributed by atoms with van der Waals surface area (Å²) in [7, 11) is 1.66. The topological polar surface area (TPSA) is 39.9 Å². The summed E-state index contributed by atoms with van der Waals surface area (Å²) in [5, 5.41) is 7.71. The van der Waals surface area contributed by atoms with Gasteiger partial charge in [0.2, 0.25) is 0 Å². The molecule has 5 rings (SSSR count). The van der Waals surface area contributed by atoms with Crippen molar-refractivity contribution in [2.45, 2.75) is 0 Å². The third-order valence-electron chi connectivity index (χ3n) is 4.85. The summed E-state index contributed by atoms with van der Waals surface area (Å²) in [5.41, 5.74) is 4.80. The molecule has 0 atom stereocenters. The first kappa shape index (κ1) is 16.8. The molecule has 0 fully saturated rings. The summed E-state index contributed by atoms with van der Waals surface area (Å²) >= 11 is 6.09. The number of benzene rings is 3. The van der Waals surface area contributed by atoms with E-state index in [0.29, 0.717) is 5.02 Å². The van der Waals surface area contributed by atoms with E-state index in [2.05, 4.69) is 11.1 Å². The number of pyridine rings is 1. The van der Waals surface area contributed by atoms with Gasteiger partial charge in [0.05, 0.1) is 23.8 Å². The average Bonchev–Trinajstić information content (AvgIpc) is 3.14. The van der Waals surface area contributed by atoms with Gasteiger partial charge >= 0.3 is 0 Å². The van der Waals surface area contributed by atoms with E-state index in [1.807, 2.05) is 77.6 Å². The largest absolute Gasteiger partial charge is 0.497 e. The van der Waals surface area contributed by atoms with Gasteiger partial charge in [0.15, 0.2) is 0 Å². The molecule has 0 amide bonds. The predicted molar refractivity (Wildman–Crippen MR) is 113 cm³/mol. The second-order valence-corrected chi connectivity index (χ2v) is 6.94. The number of ether oxygens (including phenoxy) is 1. The molecule has 4 nitrogen and oxygen atoms in total. The highest BCUT2D eigenvalue weighted by atomic mass is 35.5. The van der Waals surface area contributed by atoms with Crippen LogP contribution in [0.3, 0.4) is 0 Å². The van der Waals surface area contributed by atoms with Gasteiger partial charge in [-0.2, -0.15) is 5.10 Å². The highest BCUT2D eigenvalue weighted by Gasteiger charge is 2.17. The van der Waals surface area contributed by atoms with Crippen molar-refractivity contribution in [3.8, 4) is 22.7 Å². The van der Waals surface area contributed by atoms with Gasteiger partial charge in [-0.3, -0.25) is 4.98 Å². The summed E-state index contributed by atoms with van der Waals surface area (Å²) in [5.74, 6) is 0.814. The fraction of sp³-hybridized carbons (Fsp3) is 0.0435. The highest BCUT2D eigenvalue weighted by molar-refractivity contribution is 6.30. The Labute approximate surface area is 167 Å². The van der Waals surface area contributed by atoms with Crippen molar-refractivity contribution >= 4 is 33.4 Å². The molecular weight excluding hydrogens is 370 g/mol. The Hall–Kier alpha value is -3.37. The van der Waals surface area contributed by atoms with Crippen LogP contribution in [-0.4, -0.2) is 21.9 Å². The molecule has 5 aromatic rings. The smallest absolute Gasteiger partial charge is 0.118 e. The van der Waals surface area contributed by atoms with E-state index in [9.17, 15) is 0 Å². The first-order valence-electron chi connectivity index (χ1n) is 8.91. The monoisotopic (exact) mass is 385 g/mol. The maximum Gasteiger partial charge on any atom is 0.118 e. The fourth-order valence-electron chi connectivity index (χ4n) is 3.46. The number of fused-ring (bicyclic) bond motifs is 3. The number of para-hydroxylation sites is 1. The van der Waals surface area contributed by atoms with Gasteiger partial charge in [-0.05, 0) is 54.6 Å². The molecule has 0 radical (unpaired) electrons. The van der Waals surface area contributed by atoms with Gasteiger partial charge in [-0.15, -0.1) is 0 Å². The van der Waals surface area contributed by atoms with E-state index in [1.54, 1.807) is 7.11 Å². The first-order chi connectivity index (χ1) is 13.7. The van der Waals surface area contributed by atoms with E-state index in [4.69, 9.17) is 21.4 Å². The van der Waals surface area contributed by atoms with Crippen LogP contribution in [0.4, 0.5) is 0 Å². The molecule has 0 aliphatic rings. The normalized spacial score (nSPS) is 11.2. The van der Waals surface area contributed by atoms with Crippen LogP contribution in [0.2, 0.25) is 5.02 Å². The van der Waals surface area contributed by atoms with Crippen LogP contribution in [-0.2, 0) is 0 Å². The van der Waals surface area contributed by atoms with Crippen molar-refractivity contribution < 1.29 is 4.74 Å². The minimum atomic E-state index is 0.696. The van der Waals surface area contributed by atoms with Crippen molar-refractivity contribution in [1.82, 2.24) is 14.8 Å². The van der Waals surface area contributed by atoms with E-state index < -0.39 is 0 Å². The minimum Gasteiger partial charge on any atom is -0.497 e. The van der Waals surface area contributed by atoms with E-state index >= 15 is 0 Å². The maximum atomic E-state index is 6.09. The molecule has 0 bridgehead atoms. The molecule has 0 spiro atoms. The maximum absolute atomic E-state index is 6.09. The van der Waals surface area contributed by atoms with Crippen LogP contribution in [0, 0.1) is 0 Å². The Kier molecular flexibility index (Phi) is 3.99. The van der Waals surface area contributed by atoms with Crippen LogP contribution in [0.25, 0.3) is 38.8 Å². The van der Waals surface area contributed by atoms with E-state index in [-0.39, 0.29) is 0 Å². The Morgan fingerprint density at radius 3 is 2.36 bits per heavy atom. The SMILES string of the molecule is COc1ccc(-c2nn(-c3ccc(Cl)cc3)c3c2cnc2ccccc23)cc1. The lowest BCUT2D eigenvalue weighted by Gasteiger charge is -2.06. The fourth-order valence-corrected chi connectivity index (χ4v) is 3.59. The summed E-state index contributed by atoms with van der Waals surface area (Å²) < 4.78 is 7.25. The molecule has 0 unspecified atom stereocenters. The molecule has 2 aromatic heterocycles. The van der Waals surface area contributed by atoms with Gasteiger partial charge in [-0.1, -0.05) is 29.8 Å². The van der Waals surface area contributed by atoms with E-state index in [0.717, 1.165) is 44.5 Å². The zero-order chi connectivity index (χ0) is 19.1. The molecule has 28 heavy (non-hydrogen) atoms. The lowest BCUT2D eigenvalue weighted by atomic mass is 10.1. The highest BCUT2D eigenvalue weighted by Crippen LogP contribution is 2.34. The van der Waals surface area contributed by atoms with Crippen LogP contribution >= 0.6 is 11.6 Å².